The van der Waals surface area contributed by atoms with E-state index < -0.39 is 0 Å². The zero-order valence-electron chi connectivity index (χ0n) is 6.95. The van der Waals surface area contributed by atoms with Crippen LogP contribution in [0.1, 0.15) is 12.7 Å². The maximum Gasteiger partial charge on any atom is 0.189 e. The number of nitrogens with two attached hydrogens (primary N) is 1. The minimum Gasteiger partial charge on any atom is -0.370 e. The zero-order chi connectivity index (χ0) is 8.81. The number of nitrogens with zero attached hydrogens (tertiary/aromatic N) is 2. The molecule has 1 rings (SSSR count). The van der Waals surface area contributed by atoms with Crippen LogP contribution >= 0.6 is 0 Å². The number of hydrogen-bond donors (Lipinski definition) is 2. The molecular weight excluding hydrogens is 156 g/mol. The molecule has 1 heterocycles. The van der Waals surface area contributed by atoms with Gasteiger partial charge in [0, 0.05) is 12.6 Å². The summed E-state index contributed by atoms with van der Waals surface area (Å²) in [5, 5.41) is 6.41. The summed E-state index contributed by atoms with van der Waals surface area (Å²) in [5.74, 6) is 1.13. The minimum absolute atomic E-state index is 0.425. The summed E-state index contributed by atoms with van der Waals surface area (Å²) >= 11 is 0. The Hall–Kier alpha value is -1.52. The summed E-state index contributed by atoms with van der Waals surface area (Å²) < 4.78 is 4.82. The van der Waals surface area contributed by atoms with Crippen molar-refractivity contribution in [2.75, 3.05) is 6.54 Å². The molecule has 0 bridgehead atoms. The fraction of sp³-hybridized carbons (Fsp3) is 0.429. The molecule has 5 heteroatoms. The summed E-state index contributed by atoms with van der Waals surface area (Å²) in [5.41, 5.74) is 5.48. The fourth-order valence-electron chi connectivity index (χ4n) is 0.724. The monoisotopic (exact) mass is 168 g/mol. The van der Waals surface area contributed by atoms with Crippen molar-refractivity contribution in [3.63, 3.8) is 0 Å². The molecule has 0 aromatic carbocycles. The molecule has 0 saturated heterocycles. The standard InChI is InChI=1S/C7H12N4O/c1-2-9-7(8)10-5-6-3-4-11-12-6/h3-4H,2,5H2,1H3,(H3,8,9,10). The molecule has 12 heavy (non-hydrogen) atoms. The number of rotatable bonds is 3. The molecule has 0 aliphatic heterocycles. The molecule has 1 aromatic heterocycles. The third-order valence-electron chi connectivity index (χ3n) is 1.25. The Bertz CT molecular complexity index is 242. The Kier molecular flexibility index (Phi) is 3.13. The Labute approximate surface area is 70.6 Å². The molecule has 5 nitrogen and oxygen atoms in total. The number of guanidine groups is 1. The number of hydrogen-bond acceptors (Lipinski definition) is 3. The molecule has 1 aromatic rings. The predicted molar refractivity (Wildman–Crippen MR) is 45.5 cm³/mol. The average molecular weight is 168 g/mol. The Balaban J connectivity index is 2.38. The second-order valence-corrected chi connectivity index (χ2v) is 2.21. The summed E-state index contributed by atoms with van der Waals surface area (Å²) in [6, 6.07) is 1.75. The third kappa shape index (κ3) is 2.61. The molecule has 0 fully saturated rings. The smallest absolute Gasteiger partial charge is 0.189 e. The highest BCUT2D eigenvalue weighted by Gasteiger charge is 1.94. The van der Waals surface area contributed by atoms with Gasteiger partial charge in [-0.1, -0.05) is 5.16 Å². The van der Waals surface area contributed by atoms with Crippen molar-refractivity contribution < 1.29 is 4.52 Å². The van der Waals surface area contributed by atoms with Crippen LogP contribution in [0.3, 0.4) is 0 Å². The third-order valence-corrected chi connectivity index (χ3v) is 1.25. The van der Waals surface area contributed by atoms with E-state index in [0.29, 0.717) is 18.3 Å². The van der Waals surface area contributed by atoms with Crippen LogP contribution in [0.15, 0.2) is 21.8 Å². The van der Waals surface area contributed by atoms with Crippen molar-refractivity contribution in [2.45, 2.75) is 13.5 Å². The van der Waals surface area contributed by atoms with Crippen molar-refractivity contribution in [3.05, 3.63) is 18.0 Å². The van der Waals surface area contributed by atoms with Crippen LogP contribution in [0, 0.1) is 0 Å². The van der Waals surface area contributed by atoms with Crippen molar-refractivity contribution in [2.24, 2.45) is 10.7 Å². The van der Waals surface area contributed by atoms with Crippen molar-refractivity contribution >= 4 is 5.96 Å². The van der Waals surface area contributed by atoms with Crippen LogP contribution in [-0.2, 0) is 6.54 Å². The predicted octanol–water partition coefficient (Wildman–Crippen LogP) is 0.0988. The lowest BCUT2D eigenvalue weighted by atomic mass is 10.5. The van der Waals surface area contributed by atoms with Gasteiger partial charge < -0.3 is 15.6 Å². The molecule has 0 atom stereocenters. The normalized spacial score (nSPS) is 11.6. The van der Waals surface area contributed by atoms with Crippen LogP contribution in [0.5, 0.6) is 0 Å². The molecular formula is C7H12N4O. The first-order valence-electron chi connectivity index (χ1n) is 3.76. The lowest BCUT2D eigenvalue weighted by molar-refractivity contribution is 0.385. The van der Waals surface area contributed by atoms with E-state index in [9.17, 15) is 0 Å². The molecule has 0 amide bonds. The van der Waals surface area contributed by atoms with Crippen LogP contribution in [0.2, 0.25) is 0 Å². The largest absolute Gasteiger partial charge is 0.370 e. The van der Waals surface area contributed by atoms with Crippen LogP contribution in [-0.4, -0.2) is 17.7 Å². The highest BCUT2D eigenvalue weighted by atomic mass is 16.5. The van der Waals surface area contributed by atoms with Gasteiger partial charge in [0.2, 0.25) is 0 Å². The Morgan fingerprint density at radius 3 is 3.25 bits per heavy atom. The molecule has 0 spiro atoms. The van der Waals surface area contributed by atoms with E-state index in [1.54, 1.807) is 12.3 Å². The van der Waals surface area contributed by atoms with Crippen LogP contribution < -0.4 is 11.1 Å². The van der Waals surface area contributed by atoms with Crippen LogP contribution in [0.4, 0.5) is 0 Å². The van der Waals surface area contributed by atoms with Gasteiger partial charge in [-0.3, -0.25) is 0 Å². The van der Waals surface area contributed by atoms with Crippen molar-refractivity contribution in [3.8, 4) is 0 Å². The lowest BCUT2D eigenvalue weighted by Crippen LogP contribution is -2.31. The van der Waals surface area contributed by atoms with Gasteiger partial charge in [-0.15, -0.1) is 0 Å². The maximum atomic E-state index is 5.48. The Morgan fingerprint density at radius 1 is 1.83 bits per heavy atom. The second kappa shape index (κ2) is 4.38. The van der Waals surface area contributed by atoms with E-state index >= 15 is 0 Å². The Morgan fingerprint density at radius 2 is 2.67 bits per heavy atom. The van der Waals surface area contributed by atoms with E-state index in [4.69, 9.17) is 10.3 Å². The van der Waals surface area contributed by atoms with E-state index in [1.807, 2.05) is 6.92 Å². The first kappa shape index (κ1) is 8.58. The van der Waals surface area contributed by atoms with Gasteiger partial charge >= 0.3 is 0 Å². The highest BCUT2D eigenvalue weighted by Crippen LogP contribution is 1.97. The SMILES string of the molecule is CCNC(N)=NCc1ccno1. The molecule has 0 saturated carbocycles. The number of nitrogens with one attached hydrogen (secondary N) is 1. The second-order valence-electron chi connectivity index (χ2n) is 2.21. The first-order chi connectivity index (χ1) is 5.83. The molecule has 3 N–H and O–H groups in total. The summed E-state index contributed by atoms with van der Waals surface area (Å²) in [6.07, 6.45) is 1.58. The quantitative estimate of drug-likeness (QED) is 0.495. The van der Waals surface area contributed by atoms with E-state index in [-0.39, 0.29) is 0 Å². The summed E-state index contributed by atoms with van der Waals surface area (Å²) in [6.45, 7) is 3.15. The minimum atomic E-state index is 0.425. The van der Waals surface area contributed by atoms with Gasteiger partial charge in [-0.25, -0.2) is 4.99 Å². The molecule has 0 aliphatic rings. The van der Waals surface area contributed by atoms with Crippen molar-refractivity contribution in [1.29, 1.82) is 0 Å². The van der Waals surface area contributed by atoms with Crippen molar-refractivity contribution in [1.82, 2.24) is 10.5 Å². The number of aromatic nitrogens is 1. The lowest BCUT2D eigenvalue weighted by Gasteiger charge is -1.99. The maximum absolute atomic E-state index is 5.48. The summed E-state index contributed by atoms with van der Waals surface area (Å²) in [4.78, 5) is 4.01. The molecule has 0 aliphatic carbocycles. The van der Waals surface area contributed by atoms with Gasteiger partial charge in [-0.2, -0.15) is 0 Å². The molecule has 66 valence electrons. The van der Waals surface area contributed by atoms with Crippen LogP contribution in [0.25, 0.3) is 0 Å². The average Bonchev–Trinajstić information content (AvgIpc) is 2.53. The molecule has 0 radical (unpaired) electrons. The van der Waals surface area contributed by atoms with Gasteiger partial charge in [-0.05, 0) is 6.92 Å². The van der Waals surface area contributed by atoms with E-state index in [0.717, 1.165) is 6.54 Å². The first-order valence-corrected chi connectivity index (χ1v) is 3.76. The fourth-order valence-corrected chi connectivity index (χ4v) is 0.724. The van der Waals surface area contributed by atoms with Gasteiger partial charge in [0.25, 0.3) is 0 Å². The van der Waals surface area contributed by atoms with Gasteiger partial charge in [0.15, 0.2) is 11.7 Å². The zero-order valence-corrected chi connectivity index (χ0v) is 6.95. The highest BCUT2D eigenvalue weighted by molar-refractivity contribution is 5.77. The van der Waals surface area contributed by atoms with Gasteiger partial charge in [0.1, 0.15) is 6.54 Å². The van der Waals surface area contributed by atoms with Gasteiger partial charge in [0.05, 0.1) is 6.20 Å². The van der Waals surface area contributed by atoms with E-state index in [2.05, 4.69) is 15.5 Å². The topological polar surface area (TPSA) is 76.4 Å². The van der Waals surface area contributed by atoms with E-state index in [1.165, 1.54) is 0 Å². The number of aliphatic imine (C=N–C) groups is 1. The molecule has 0 unspecified atom stereocenters. The summed E-state index contributed by atoms with van der Waals surface area (Å²) in [7, 11) is 0.